The van der Waals surface area contributed by atoms with Crippen molar-refractivity contribution in [2.24, 2.45) is 5.73 Å². The first-order chi connectivity index (χ1) is 8.69. The highest BCUT2D eigenvalue weighted by Crippen LogP contribution is 2.21. The number of thiazole rings is 1. The SMILES string of the molecule is CC(C)c1csc(NC(=O)C(N)CCS(C)(=O)=O)n1. The lowest BCUT2D eigenvalue weighted by Gasteiger charge is -2.09. The molecule has 0 saturated carbocycles. The van der Waals surface area contributed by atoms with Crippen LogP contribution in [0.2, 0.25) is 0 Å². The highest BCUT2D eigenvalue weighted by Gasteiger charge is 2.17. The van der Waals surface area contributed by atoms with Crippen LogP contribution >= 0.6 is 11.3 Å². The minimum absolute atomic E-state index is 0.100. The normalized spacial score (nSPS) is 13.5. The van der Waals surface area contributed by atoms with Crippen molar-refractivity contribution in [2.75, 3.05) is 17.3 Å². The van der Waals surface area contributed by atoms with Gasteiger partial charge in [-0.3, -0.25) is 4.79 Å². The van der Waals surface area contributed by atoms with Crippen LogP contribution in [0.1, 0.15) is 31.9 Å². The molecule has 108 valence electrons. The van der Waals surface area contributed by atoms with Crippen molar-refractivity contribution in [2.45, 2.75) is 32.2 Å². The number of hydrogen-bond donors (Lipinski definition) is 2. The van der Waals surface area contributed by atoms with E-state index in [1.807, 2.05) is 19.2 Å². The van der Waals surface area contributed by atoms with E-state index in [1.165, 1.54) is 11.3 Å². The molecule has 0 spiro atoms. The van der Waals surface area contributed by atoms with E-state index in [4.69, 9.17) is 5.73 Å². The largest absolute Gasteiger partial charge is 0.320 e. The summed E-state index contributed by atoms with van der Waals surface area (Å²) in [5.74, 6) is -0.217. The van der Waals surface area contributed by atoms with E-state index < -0.39 is 21.8 Å². The number of nitrogens with zero attached hydrogens (tertiary/aromatic N) is 1. The number of carbonyl (C=O) groups is 1. The second kappa shape index (κ2) is 6.44. The fourth-order valence-electron chi connectivity index (χ4n) is 1.28. The van der Waals surface area contributed by atoms with Crippen molar-refractivity contribution in [1.82, 2.24) is 4.98 Å². The molecule has 19 heavy (non-hydrogen) atoms. The fraction of sp³-hybridized carbons (Fsp3) is 0.636. The van der Waals surface area contributed by atoms with Gasteiger partial charge < -0.3 is 11.1 Å². The molecule has 0 aromatic carbocycles. The fourth-order valence-corrected chi connectivity index (χ4v) is 2.84. The van der Waals surface area contributed by atoms with E-state index in [0.717, 1.165) is 11.9 Å². The molecular weight excluding hydrogens is 286 g/mol. The maximum Gasteiger partial charge on any atom is 0.243 e. The first-order valence-electron chi connectivity index (χ1n) is 5.88. The summed E-state index contributed by atoms with van der Waals surface area (Å²) in [5.41, 5.74) is 6.55. The third kappa shape index (κ3) is 5.66. The molecule has 0 fully saturated rings. The zero-order chi connectivity index (χ0) is 14.6. The Morgan fingerprint density at radius 3 is 2.63 bits per heavy atom. The molecule has 0 radical (unpaired) electrons. The number of aromatic nitrogens is 1. The zero-order valence-corrected chi connectivity index (χ0v) is 12.8. The first kappa shape index (κ1) is 16.1. The molecule has 1 atom stereocenters. The minimum Gasteiger partial charge on any atom is -0.320 e. The lowest BCUT2D eigenvalue weighted by Crippen LogP contribution is -2.37. The van der Waals surface area contributed by atoms with Crippen LogP contribution in [0.5, 0.6) is 0 Å². The van der Waals surface area contributed by atoms with Crippen molar-refractivity contribution in [3.8, 4) is 0 Å². The van der Waals surface area contributed by atoms with Crippen molar-refractivity contribution < 1.29 is 13.2 Å². The Kier molecular flexibility index (Phi) is 5.45. The molecule has 0 aliphatic rings. The van der Waals surface area contributed by atoms with E-state index in [9.17, 15) is 13.2 Å². The third-order valence-electron chi connectivity index (χ3n) is 2.48. The molecule has 1 heterocycles. The second-order valence-electron chi connectivity index (χ2n) is 4.75. The summed E-state index contributed by atoms with van der Waals surface area (Å²) in [6.07, 6.45) is 1.22. The molecular formula is C11H19N3O3S2. The van der Waals surface area contributed by atoms with Crippen LogP contribution in [0.15, 0.2) is 5.38 Å². The topological polar surface area (TPSA) is 102 Å². The summed E-state index contributed by atoms with van der Waals surface area (Å²) in [6.45, 7) is 4.02. The minimum atomic E-state index is -3.11. The van der Waals surface area contributed by atoms with Gasteiger partial charge in [-0.2, -0.15) is 0 Å². The van der Waals surface area contributed by atoms with E-state index >= 15 is 0 Å². The van der Waals surface area contributed by atoms with Gasteiger partial charge in [0.25, 0.3) is 0 Å². The Labute approximate surface area is 117 Å². The molecule has 3 N–H and O–H groups in total. The Balaban J connectivity index is 2.53. The van der Waals surface area contributed by atoms with Gasteiger partial charge in [-0.25, -0.2) is 13.4 Å². The van der Waals surface area contributed by atoms with Gasteiger partial charge in [-0.15, -0.1) is 11.3 Å². The van der Waals surface area contributed by atoms with E-state index in [0.29, 0.717) is 11.0 Å². The molecule has 0 saturated heterocycles. The van der Waals surface area contributed by atoms with E-state index in [1.54, 1.807) is 0 Å². The number of nitrogens with two attached hydrogens (primary N) is 1. The van der Waals surface area contributed by atoms with Gasteiger partial charge in [0.2, 0.25) is 5.91 Å². The zero-order valence-electron chi connectivity index (χ0n) is 11.2. The lowest BCUT2D eigenvalue weighted by molar-refractivity contribution is -0.117. The quantitative estimate of drug-likeness (QED) is 0.815. The van der Waals surface area contributed by atoms with Crippen LogP contribution in [-0.2, 0) is 14.6 Å². The van der Waals surface area contributed by atoms with Gasteiger partial charge in [-0.1, -0.05) is 13.8 Å². The summed E-state index contributed by atoms with van der Waals surface area (Å²) >= 11 is 1.33. The molecule has 1 aromatic heterocycles. The third-order valence-corrected chi connectivity index (χ3v) is 4.23. The number of hydrogen-bond acceptors (Lipinski definition) is 6. The van der Waals surface area contributed by atoms with Gasteiger partial charge in [0.1, 0.15) is 9.84 Å². The average Bonchev–Trinajstić information content (AvgIpc) is 2.73. The smallest absolute Gasteiger partial charge is 0.243 e. The molecule has 8 heteroatoms. The monoisotopic (exact) mass is 305 g/mol. The maximum absolute atomic E-state index is 11.7. The molecule has 0 aliphatic heterocycles. The number of sulfone groups is 1. The Morgan fingerprint density at radius 2 is 2.16 bits per heavy atom. The second-order valence-corrected chi connectivity index (χ2v) is 7.86. The van der Waals surface area contributed by atoms with Gasteiger partial charge in [0.05, 0.1) is 17.5 Å². The van der Waals surface area contributed by atoms with Crippen LogP contribution in [0, 0.1) is 0 Å². The highest BCUT2D eigenvalue weighted by molar-refractivity contribution is 7.90. The summed E-state index contributed by atoms with van der Waals surface area (Å²) in [5, 5.41) is 4.97. The van der Waals surface area contributed by atoms with Crippen LogP contribution in [0.3, 0.4) is 0 Å². The highest BCUT2D eigenvalue weighted by atomic mass is 32.2. The Bertz CT molecular complexity index is 537. The molecule has 6 nitrogen and oxygen atoms in total. The number of anilines is 1. The first-order valence-corrected chi connectivity index (χ1v) is 8.82. The van der Waals surface area contributed by atoms with Gasteiger partial charge in [0.15, 0.2) is 5.13 Å². The maximum atomic E-state index is 11.7. The van der Waals surface area contributed by atoms with Crippen molar-refractivity contribution in [3.05, 3.63) is 11.1 Å². The molecule has 1 unspecified atom stereocenters. The molecule has 1 rings (SSSR count). The van der Waals surface area contributed by atoms with Crippen LogP contribution < -0.4 is 11.1 Å². The van der Waals surface area contributed by atoms with Crippen molar-refractivity contribution >= 4 is 32.2 Å². The molecule has 0 bridgehead atoms. The van der Waals surface area contributed by atoms with Crippen LogP contribution in [0.25, 0.3) is 0 Å². The molecule has 1 amide bonds. The van der Waals surface area contributed by atoms with Crippen LogP contribution in [-0.4, -0.2) is 37.4 Å². The number of rotatable bonds is 6. The van der Waals surface area contributed by atoms with E-state index in [-0.39, 0.29) is 12.2 Å². The summed E-state index contributed by atoms with van der Waals surface area (Å²) in [7, 11) is -3.11. The van der Waals surface area contributed by atoms with Crippen molar-refractivity contribution in [1.29, 1.82) is 0 Å². The summed E-state index contributed by atoms with van der Waals surface area (Å²) in [6, 6.07) is -0.846. The van der Waals surface area contributed by atoms with Crippen LogP contribution in [0.4, 0.5) is 5.13 Å². The lowest BCUT2D eigenvalue weighted by atomic mass is 10.2. The van der Waals surface area contributed by atoms with Gasteiger partial charge in [-0.05, 0) is 12.3 Å². The van der Waals surface area contributed by atoms with Gasteiger partial charge in [0, 0.05) is 11.6 Å². The summed E-state index contributed by atoms with van der Waals surface area (Å²) in [4.78, 5) is 16.0. The standard InChI is InChI=1S/C11H19N3O3S2/c1-7(2)9-6-18-11(13-9)14-10(15)8(12)4-5-19(3,16)17/h6-8H,4-5,12H2,1-3H3,(H,13,14,15). The predicted molar refractivity (Wildman–Crippen MR) is 77.1 cm³/mol. The average molecular weight is 305 g/mol. The Morgan fingerprint density at radius 1 is 1.53 bits per heavy atom. The molecule has 0 aliphatic carbocycles. The summed E-state index contributed by atoms with van der Waals surface area (Å²) < 4.78 is 22.0. The predicted octanol–water partition coefficient (Wildman–Crippen LogP) is 0.967. The Hall–Kier alpha value is -0.990. The van der Waals surface area contributed by atoms with E-state index in [2.05, 4.69) is 10.3 Å². The number of nitrogens with one attached hydrogen (secondary N) is 1. The van der Waals surface area contributed by atoms with Crippen molar-refractivity contribution in [3.63, 3.8) is 0 Å². The van der Waals surface area contributed by atoms with Gasteiger partial charge >= 0.3 is 0 Å². The molecule has 1 aromatic rings. The number of amides is 1. The number of carbonyl (C=O) groups excluding carboxylic acids is 1.